The van der Waals surface area contributed by atoms with Gasteiger partial charge in [0.15, 0.2) is 11.6 Å². The molecule has 1 aliphatic heterocycles. The van der Waals surface area contributed by atoms with E-state index in [-0.39, 0.29) is 5.56 Å². The van der Waals surface area contributed by atoms with Crippen molar-refractivity contribution in [1.29, 1.82) is 0 Å². The molecule has 0 aliphatic carbocycles. The third-order valence-corrected chi connectivity index (χ3v) is 4.33. The van der Waals surface area contributed by atoms with Crippen LogP contribution in [0.2, 0.25) is 0 Å². The van der Waals surface area contributed by atoms with Crippen LogP contribution in [0.15, 0.2) is 36.5 Å². The Balaban J connectivity index is 1.62. The molecule has 1 aromatic carbocycles. The summed E-state index contributed by atoms with van der Waals surface area (Å²) in [6.07, 6.45) is 1.57. The molecule has 1 N–H and O–H groups in total. The van der Waals surface area contributed by atoms with Crippen LogP contribution in [0, 0.1) is 11.6 Å². The Hall–Kier alpha value is -2.54. The molecule has 3 rings (SSSR count). The molecule has 0 atom stereocenters. The van der Waals surface area contributed by atoms with Gasteiger partial charge in [-0.05, 0) is 36.9 Å². The van der Waals surface area contributed by atoms with Crippen molar-refractivity contribution < 1.29 is 13.6 Å². The minimum atomic E-state index is -1.05. The number of hydrogen-bond acceptors (Lipinski definition) is 4. The summed E-state index contributed by atoms with van der Waals surface area (Å²) in [4.78, 5) is 21.1. The van der Waals surface area contributed by atoms with E-state index in [1.807, 2.05) is 6.07 Å². The van der Waals surface area contributed by atoms with E-state index in [4.69, 9.17) is 0 Å². The Morgan fingerprint density at radius 2 is 1.88 bits per heavy atom. The highest BCUT2D eigenvalue weighted by molar-refractivity contribution is 6.04. The van der Waals surface area contributed by atoms with Crippen molar-refractivity contribution in [3.63, 3.8) is 0 Å². The first kappa shape index (κ1) is 17.3. The fraction of sp³-hybridized carbons (Fsp3) is 0.333. The van der Waals surface area contributed by atoms with Gasteiger partial charge in [-0.15, -0.1) is 0 Å². The molecule has 0 radical (unpaired) electrons. The highest BCUT2D eigenvalue weighted by atomic mass is 19.2. The first-order valence-electron chi connectivity index (χ1n) is 8.26. The number of nitrogens with one attached hydrogen (secondary N) is 1. The number of benzene rings is 1. The Kier molecular flexibility index (Phi) is 5.23. The average Bonchev–Trinajstić information content (AvgIpc) is 2.64. The number of amides is 1. The van der Waals surface area contributed by atoms with E-state index in [2.05, 4.69) is 27.0 Å². The Labute approximate surface area is 145 Å². The third kappa shape index (κ3) is 4.11. The van der Waals surface area contributed by atoms with Gasteiger partial charge in [0, 0.05) is 31.7 Å². The van der Waals surface area contributed by atoms with Gasteiger partial charge in [0.25, 0.3) is 5.91 Å². The standard InChI is InChI=1S/C18H20F2N4O/c1-2-23-7-9-24(10-8-23)17-6-4-14(12-21-17)22-18(25)13-3-5-15(19)16(20)11-13/h3-6,11-12H,2,7-10H2,1H3,(H,22,25). The first-order chi connectivity index (χ1) is 12.1. The van der Waals surface area contributed by atoms with E-state index >= 15 is 0 Å². The highest BCUT2D eigenvalue weighted by Crippen LogP contribution is 2.17. The number of hydrogen-bond donors (Lipinski definition) is 1. The maximum atomic E-state index is 13.2. The second kappa shape index (κ2) is 7.57. The Morgan fingerprint density at radius 1 is 1.12 bits per heavy atom. The lowest BCUT2D eigenvalue weighted by atomic mass is 10.2. The van der Waals surface area contributed by atoms with Gasteiger partial charge < -0.3 is 15.1 Å². The summed E-state index contributed by atoms with van der Waals surface area (Å²) in [5, 5.41) is 2.63. The Morgan fingerprint density at radius 3 is 2.48 bits per heavy atom. The molecule has 0 unspecified atom stereocenters. The highest BCUT2D eigenvalue weighted by Gasteiger charge is 2.17. The lowest BCUT2D eigenvalue weighted by Gasteiger charge is -2.34. The molecule has 7 heteroatoms. The van der Waals surface area contributed by atoms with Crippen LogP contribution in [0.5, 0.6) is 0 Å². The van der Waals surface area contributed by atoms with E-state index in [0.29, 0.717) is 5.69 Å². The summed E-state index contributed by atoms with van der Waals surface area (Å²) < 4.78 is 26.1. The SMILES string of the molecule is CCN1CCN(c2ccc(NC(=O)c3ccc(F)c(F)c3)cn2)CC1. The normalized spacial score (nSPS) is 15.2. The number of anilines is 2. The quantitative estimate of drug-likeness (QED) is 0.925. The molecule has 5 nitrogen and oxygen atoms in total. The number of piperazine rings is 1. The molecule has 1 amide bonds. The molecule has 25 heavy (non-hydrogen) atoms. The van der Waals surface area contributed by atoms with Crippen LogP contribution >= 0.6 is 0 Å². The monoisotopic (exact) mass is 346 g/mol. The predicted octanol–water partition coefficient (Wildman–Crippen LogP) is 2.75. The lowest BCUT2D eigenvalue weighted by molar-refractivity contribution is 0.102. The summed E-state index contributed by atoms with van der Waals surface area (Å²) in [6.45, 7) is 7.05. The van der Waals surface area contributed by atoms with Gasteiger partial charge in [0.05, 0.1) is 11.9 Å². The second-order valence-corrected chi connectivity index (χ2v) is 5.91. The molecule has 0 spiro atoms. The Bertz CT molecular complexity index is 743. The molecule has 0 bridgehead atoms. The van der Waals surface area contributed by atoms with Crippen molar-refractivity contribution in [2.75, 3.05) is 42.9 Å². The molecule has 1 aliphatic rings. The first-order valence-corrected chi connectivity index (χ1v) is 8.26. The van der Waals surface area contributed by atoms with Crippen molar-refractivity contribution in [2.45, 2.75) is 6.92 Å². The van der Waals surface area contributed by atoms with Gasteiger partial charge in [-0.3, -0.25) is 4.79 Å². The summed E-state index contributed by atoms with van der Waals surface area (Å²) in [5.41, 5.74) is 0.560. The summed E-state index contributed by atoms with van der Waals surface area (Å²) in [5.74, 6) is -1.68. The third-order valence-electron chi connectivity index (χ3n) is 4.33. The molecular formula is C18H20F2N4O. The van der Waals surface area contributed by atoms with E-state index in [1.165, 1.54) is 6.07 Å². The van der Waals surface area contributed by atoms with Crippen molar-refractivity contribution in [1.82, 2.24) is 9.88 Å². The van der Waals surface area contributed by atoms with E-state index in [1.54, 1.807) is 12.3 Å². The van der Waals surface area contributed by atoms with Crippen molar-refractivity contribution >= 4 is 17.4 Å². The zero-order valence-electron chi connectivity index (χ0n) is 14.0. The number of pyridine rings is 1. The molecule has 2 aromatic rings. The van der Waals surface area contributed by atoms with Crippen molar-refractivity contribution in [3.05, 3.63) is 53.7 Å². The van der Waals surface area contributed by atoms with Gasteiger partial charge >= 0.3 is 0 Å². The predicted molar refractivity (Wildman–Crippen MR) is 92.9 cm³/mol. The summed E-state index contributed by atoms with van der Waals surface area (Å²) in [7, 11) is 0. The van der Waals surface area contributed by atoms with Crippen molar-refractivity contribution in [2.24, 2.45) is 0 Å². The topological polar surface area (TPSA) is 48.5 Å². The largest absolute Gasteiger partial charge is 0.354 e. The van der Waals surface area contributed by atoms with Crippen LogP contribution in [-0.2, 0) is 0 Å². The van der Waals surface area contributed by atoms with Crippen LogP contribution in [0.4, 0.5) is 20.3 Å². The maximum absolute atomic E-state index is 13.2. The number of carbonyl (C=O) groups is 1. The fourth-order valence-corrected chi connectivity index (χ4v) is 2.78. The molecular weight excluding hydrogens is 326 g/mol. The minimum absolute atomic E-state index is 0.0543. The minimum Gasteiger partial charge on any atom is -0.354 e. The number of carbonyl (C=O) groups excluding carboxylic acids is 1. The zero-order valence-corrected chi connectivity index (χ0v) is 14.0. The van der Waals surface area contributed by atoms with Crippen LogP contribution in [0.1, 0.15) is 17.3 Å². The van der Waals surface area contributed by atoms with Crippen LogP contribution in [-0.4, -0.2) is 48.5 Å². The fourth-order valence-electron chi connectivity index (χ4n) is 2.78. The molecule has 1 fully saturated rings. The van der Waals surface area contributed by atoms with Crippen LogP contribution < -0.4 is 10.2 Å². The number of halogens is 2. The smallest absolute Gasteiger partial charge is 0.255 e. The maximum Gasteiger partial charge on any atom is 0.255 e. The van der Waals surface area contributed by atoms with E-state index in [9.17, 15) is 13.6 Å². The number of rotatable bonds is 4. The van der Waals surface area contributed by atoms with Gasteiger partial charge in [0.1, 0.15) is 5.82 Å². The molecule has 1 aromatic heterocycles. The molecule has 2 heterocycles. The number of likely N-dealkylation sites (N-methyl/N-ethyl adjacent to an activating group) is 1. The number of nitrogens with zero attached hydrogens (tertiary/aromatic N) is 3. The van der Waals surface area contributed by atoms with Crippen LogP contribution in [0.25, 0.3) is 0 Å². The summed E-state index contributed by atoms with van der Waals surface area (Å²) in [6, 6.07) is 6.65. The van der Waals surface area contributed by atoms with Gasteiger partial charge in [-0.2, -0.15) is 0 Å². The second-order valence-electron chi connectivity index (χ2n) is 5.91. The van der Waals surface area contributed by atoms with E-state index < -0.39 is 17.5 Å². The zero-order chi connectivity index (χ0) is 17.8. The molecule has 1 saturated heterocycles. The molecule has 132 valence electrons. The van der Waals surface area contributed by atoms with Gasteiger partial charge in [-0.25, -0.2) is 13.8 Å². The molecule has 0 saturated carbocycles. The lowest BCUT2D eigenvalue weighted by Crippen LogP contribution is -2.46. The number of aromatic nitrogens is 1. The average molecular weight is 346 g/mol. The van der Waals surface area contributed by atoms with Crippen LogP contribution in [0.3, 0.4) is 0 Å². The van der Waals surface area contributed by atoms with Crippen molar-refractivity contribution in [3.8, 4) is 0 Å². The van der Waals surface area contributed by atoms with Gasteiger partial charge in [-0.1, -0.05) is 6.92 Å². The van der Waals surface area contributed by atoms with Gasteiger partial charge in [0.2, 0.25) is 0 Å². The van der Waals surface area contributed by atoms with E-state index in [0.717, 1.165) is 50.7 Å². The summed E-state index contributed by atoms with van der Waals surface area (Å²) >= 11 is 0.